The van der Waals surface area contributed by atoms with Gasteiger partial charge in [-0.2, -0.15) is 0 Å². The lowest BCUT2D eigenvalue weighted by atomic mass is 10.0. The van der Waals surface area contributed by atoms with Crippen LogP contribution in [0.25, 0.3) is 22.0 Å². The Labute approximate surface area is 126 Å². The summed E-state index contributed by atoms with van der Waals surface area (Å²) in [6.45, 7) is 0. The minimum Gasteiger partial charge on any atom is -0.365 e. The fourth-order valence-electron chi connectivity index (χ4n) is 2.48. The normalized spacial score (nSPS) is 10.5. The molecule has 6 nitrogen and oxygen atoms in total. The average Bonchev–Trinajstić information content (AvgIpc) is 2.84. The van der Waals surface area contributed by atoms with Crippen molar-refractivity contribution in [2.75, 3.05) is 5.32 Å². The molecule has 3 rings (SSSR count). The molecule has 110 valence electrons. The van der Waals surface area contributed by atoms with Crippen LogP contribution in [0.5, 0.6) is 0 Å². The van der Waals surface area contributed by atoms with E-state index in [4.69, 9.17) is 11.5 Å². The molecule has 0 aliphatic rings. The van der Waals surface area contributed by atoms with E-state index in [9.17, 15) is 9.59 Å². The Bertz CT molecular complexity index is 868. The first-order valence-corrected chi connectivity index (χ1v) is 6.63. The van der Waals surface area contributed by atoms with Crippen molar-refractivity contribution in [2.24, 2.45) is 11.5 Å². The molecule has 1 aromatic heterocycles. The van der Waals surface area contributed by atoms with E-state index in [0.717, 1.165) is 11.1 Å². The molecule has 0 fully saturated rings. The predicted octanol–water partition coefficient (Wildman–Crippen LogP) is 2.42. The van der Waals surface area contributed by atoms with Crippen LogP contribution in [-0.4, -0.2) is 16.9 Å². The molecule has 0 aliphatic heterocycles. The van der Waals surface area contributed by atoms with Crippen LogP contribution < -0.4 is 16.8 Å². The molecule has 0 bridgehead atoms. The molecule has 22 heavy (non-hydrogen) atoms. The van der Waals surface area contributed by atoms with Crippen LogP contribution in [0.1, 0.15) is 10.4 Å². The van der Waals surface area contributed by atoms with Gasteiger partial charge in [0.25, 0.3) is 5.91 Å². The number of carbonyl (C=O) groups excluding carboxylic acids is 2. The number of anilines is 1. The Hall–Kier alpha value is -3.28. The minimum atomic E-state index is -0.766. The molecule has 0 saturated carbocycles. The third kappa shape index (κ3) is 2.37. The molecule has 1 heterocycles. The van der Waals surface area contributed by atoms with Crippen LogP contribution in [0.4, 0.5) is 10.6 Å². The van der Waals surface area contributed by atoms with E-state index in [-0.39, 0.29) is 11.4 Å². The Balaban J connectivity index is 2.17. The van der Waals surface area contributed by atoms with Crippen LogP contribution >= 0.6 is 0 Å². The summed E-state index contributed by atoms with van der Waals surface area (Å²) in [7, 11) is 0. The average molecular weight is 294 g/mol. The van der Waals surface area contributed by atoms with E-state index in [2.05, 4.69) is 10.3 Å². The summed E-state index contributed by atoms with van der Waals surface area (Å²) in [5, 5.41) is 3.02. The molecular weight excluding hydrogens is 280 g/mol. The smallest absolute Gasteiger partial charge is 0.317 e. The number of nitrogens with two attached hydrogens (primary N) is 2. The summed E-state index contributed by atoms with van der Waals surface area (Å²) in [5.74, 6) is -0.428. The molecule has 0 aliphatic carbocycles. The second-order valence-electron chi connectivity index (χ2n) is 4.85. The summed E-state index contributed by atoms with van der Waals surface area (Å²) in [4.78, 5) is 25.7. The lowest BCUT2D eigenvalue weighted by Gasteiger charge is -2.02. The van der Waals surface area contributed by atoms with Gasteiger partial charge in [-0.1, -0.05) is 42.5 Å². The highest BCUT2D eigenvalue weighted by Crippen LogP contribution is 2.30. The van der Waals surface area contributed by atoms with Crippen molar-refractivity contribution >= 4 is 28.7 Å². The fraction of sp³-hybridized carbons (Fsp3) is 0. The van der Waals surface area contributed by atoms with E-state index in [0.29, 0.717) is 10.9 Å². The molecule has 2 aromatic carbocycles. The number of aromatic nitrogens is 1. The quantitative estimate of drug-likeness (QED) is 0.594. The standard InChI is InChI=1S/C16H14N4O2/c17-14(21)13-11-7-6-10(9-4-2-1-3-5-9)8-12(11)19-15(13)20-16(18)22/h1-8,19H,(H2,17,21)(H3,18,20,22). The van der Waals surface area contributed by atoms with Gasteiger partial charge in [-0.3, -0.25) is 10.1 Å². The van der Waals surface area contributed by atoms with Crippen LogP contribution in [0, 0.1) is 0 Å². The number of fused-ring (bicyclic) bond motifs is 1. The van der Waals surface area contributed by atoms with Gasteiger partial charge in [0.15, 0.2) is 0 Å². The Morgan fingerprint density at radius 3 is 2.32 bits per heavy atom. The van der Waals surface area contributed by atoms with Crippen molar-refractivity contribution in [2.45, 2.75) is 0 Å². The van der Waals surface area contributed by atoms with Gasteiger partial charge in [-0.25, -0.2) is 4.79 Å². The molecule has 3 aromatic rings. The number of hydrogen-bond donors (Lipinski definition) is 4. The highest BCUT2D eigenvalue weighted by Gasteiger charge is 2.17. The van der Waals surface area contributed by atoms with Gasteiger partial charge in [0.1, 0.15) is 5.82 Å². The van der Waals surface area contributed by atoms with Crippen LogP contribution in [0.3, 0.4) is 0 Å². The van der Waals surface area contributed by atoms with Crippen molar-refractivity contribution in [1.82, 2.24) is 4.98 Å². The van der Waals surface area contributed by atoms with Gasteiger partial charge in [0.2, 0.25) is 0 Å². The molecule has 0 radical (unpaired) electrons. The molecule has 0 saturated heterocycles. The molecule has 3 amide bonds. The molecule has 6 heteroatoms. The molecule has 6 N–H and O–H groups in total. The van der Waals surface area contributed by atoms with Gasteiger partial charge in [-0.15, -0.1) is 0 Å². The molecule has 0 atom stereocenters. The Morgan fingerprint density at radius 2 is 1.68 bits per heavy atom. The number of primary amides is 2. The molecule has 0 spiro atoms. The largest absolute Gasteiger partial charge is 0.365 e. The monoisotopic (exact) mass is 294 g/mol. The molecule has 0 unspecified atom stereocenters. The Morgan fingerprint density at radius 1 is 0.955 bits per heavy atom. The lowest BCUT2D eigenvalue weighted by molar-refractivity contribution is 0.100. The topological polar surface area (TPSA) is 114 Å². The lowest BCUT2D eigenvalue weighted by Crippen LogP contribution is -2.22. The fourth-order valence-corrected chi connectivity index (χ4v) is 2.48. The van der Waals surface area contributed by atoms with Crippen LogP contribution in [-0.2, 0) is 0 Å². The second-order valence-corrected chi connectivity index (χ2v) is 4.85. The van der Waals surface area contributed by atoms with Crippen molar-refractivity contribution in [3.63, 3.8) is 0 Å². The number of rotatable bonds is 3. The summed E-state index contributed by atoms with van der Waals surface area (Å²) in [5.41, 5.74) is 13.5. The number of hydrogen-bond acceptors (Lipinski definition) is 2. The van der Waals surface area contributed by atoms with Crippen molar-refractivity contribution in [3.05, 3.63) is 54.1 Å². The first-order chi connectivity index (χ1) is 10.6. The van der Waals surface area contributed by atoms with Gasteiger partial charge in [0.05, 0.1) is 5.56 Å². The second kappa shape index (κ2) is 5.25. The number of H-pyrrole nitrogens is 1. The number of nitrogens with one attached hydrogen (secondary N) is 2. The SMILES string of the molecule is NC(=O)Nc1[nH]c2cc(-c3ccccc3)ccc2c1C(N)=O. The summed E-state index contributed by atoms with van der Waals surface area (Å²) in [6, 6.07) is 14.6. The summed E-state index contributed by atoms with van der Waals surface area (Å²) < 4.78 is 0. The van der Waals surface area contributed by atoms with E-state index >= 15 is 0 Å². The number of urea groups is 1. The third-order valence-corrected chi connectivity index (χ3v) is 3.40. The zero-order chi connectivity index (χ0) is 15.7. The van der Waals surface area contributed by atoms with Crippen molar-refractivity contribution < 1.29 is 9.59 Å². The minimum absolute atomic E-state index is 0.209. The first-order valence-electron chi connectivity index (χ1n) is 6.63. The van der Waals surface area contributed by atoms with E-state index in [1.54, 1.807) is 6.07 Å². The van der Waals surface area contributed by atoms with Crippen LogP contribution in [0.15, 0.2) is 48.5 Å². The number of amides is 3. The summed E-state index contributed by atoms with van der Waals surface area (Å²) >= 11 is 0. The zero-order valence-corrected chi connectivity index (χ0v) is 11.6. The maximum atomic E-state index is 11.6. The maximum absolute atomic E-state index is 11.6. The number of carbonyl (C=O) groups is 2. The molecular formula is C16H14N4O2. The Kier molecular flexibility index (Phi) is 3.27. The van der Waals surface area contributed by atoms with Crippen molar-refractivity contribution in [1.29, 1.82) is 0 Å². The van der Waals surface area contributed by atoms with Gasteiger partial charge in [-0.05, 0) is 17.2 Å². The maximum Gasteiger partial charge on any atom is 0.317 e. The highest BCUT2D eigenvalue weighted by molar-refractivity contribution is 6.13. The van der Waals surface area contributed by atoms with E-state index in [1.807, 2.05) is 42.5 Å². The van der Waals surface area contributed by atoms with Crippen LogP contribution in [0.2, 0.25) is 0 Å². The first kappa shape index (κ1) is 13.7. The summed E-state index contributed by atoms with van der Waals surface area (Å²) in [6.07, 6.45) is 0. The van der Waals surface area contributed by atoms with Gasteiger partial charge in [0, 0.05) is 10.9 Å². The van der Waals surface area contributed by atoms with Crippen molar-refractivity contribution in [3.8, 4) is 11.1 Å². The highest BCUT2D eigenvalue weighted by atomic mass is 16.2. The van der Waals surface area contributed by atoms with Gasteiger partial charge >= 0.3 is 6.03 Å². The van der Waals surface area contributed by atoms with Gasteiger partial charge < -0.3 is 16.5 Å². The third-order valence-electron chi connectivity index (χ3n) is 3.40. The van der Waals surface area contributed by atoms with E-state index in [1.165, 1.54) is 0 Å². The number of aromatic amines is 1. The van der Waals surface area contributed by atoms with E-state index < -0.39 is 11.9 Å². The number of benzene rings is 2. The predicted molar refractivity (Wildman–Crippen MR) is 85.5 cm³/mol. The zero-order valence-electron chi connectivity index (χ0n) is 11.6.